The van der Waals surface area contributed by atoms with Gasteiger partial charge in [0.25, 0.3) is 5.96 Å². The summed E-state index contributed by atoms with van der Waals surface area (Å²) in [6.07, 6.45) is 2.58. The summed E-state index contributed by atoms with van der Waals surface area (Å²) in [7, 11) is 1.59. The highest BCUT2D eigenvalue weighted by molar-refractivity contribution is 9.10. The number of hydrazone groups is 1. The molecule has 0 bridgehead atoms. The van der Waals surface area contributed by atoms with Crippen LogP contribution in [0.3, 0.4) is 0 Å². The minimum absolute atomic E-state index is 0.0369. The van der Waals surface area contributed by atoms with Crippen molar-refractivity contribution >= 4 is 28.1 Å². The molecule has 0 heterocycles. The topological polar surface area (TPSA) is 96.8 Å². The number of rotatable bonds is 6. The summed E-state index contributed by atoms with van der Waals surface area (Å²) in [5.41, 5.74) is 11.3. The van der Waals surface area contributed by atoms with Crippen molar-refractivity contribution in [3.05, 3.63) is 22.2 Å². The van der Waals surface area contributed by atoms with E-state index in [1.54, 1.807) is 13.3 Å². The van der Waals surface area contributed by atoms with Crippen molar-refractivity contribution in [2.75, 3.05) is 13.7 Å². The highest BCUT2D eigenvalue weighted by Gasteiger charge is 2.11. The van der Waals surface area contributed by atoms with E-state index >= 15 is 0 Å². The molecule has 0 aliphatic rings. The number of hydrogen-bond donors (Lipinski definition) is 3. The molecule has 5 N–H and O–H groups in total. The van der Waals surface area contributed by atoms with Gasteiger partial charge in [-0.2, -0.15) is 0 Å². The molecule has 0 amide bonds. The van der Waals surface area contributed by atoms with Gasteiger partial charge < -0.3 is 20.9 Å². The highest BCUT2D eigenvalue weighted by Crippen LogP contribution is 2.36. The molecule has 1 aromatic carbocycles. The minimum Gasteiger partial charge on any atom is -0.493 e. The van der Waals surface area contributed by atoms with Crippen LogP contribution < -0.4 is 26.0 Å². The second kappa shape index (κ2) is 7.63. The molecule has 1 aromatic rings. The molecule has 0 fully saturated rings. The number of guanidine groups is 1. The monoisotopic (exact) mass is 329 g/mol. The molecule has 0 atom stereocenters. The summed E-state index contributed by atoms with van der Waals surface area (Å²) in [5, 5.41) is 6.29. The van der Waals surface area contributed by atoms with E-state index < -0.39 is 0 Å². The van der Waals surface area contributed by atoms with Crippen LogP contribution in [0.15, 0.2) is 21.7 Å². The maximum absolute atomic E-state index is 5.63. The largest absolute Gasteiger partial charge is 0.493 e. The first-order valence-electron chi connectivity index (χ1n) is 5.76. The summed E-state index contributed by atoms with van der Waals surface area (Å²) in [6, 6.07) is 3.70. The average Bonchev–Trinajstić information content (AvgIpc) is 2.36. The Morgan fingerprint density at radius 3 is 2.79 bits per heavy atom. The fourth-order valence-corrected chi connectivity index (χ4v) is 1.92. The smallest absolute Gasteiger partial charge is 0.256 e. The van der Waals surface area contributed by atoms with E-state index in [9.17, 15) is 0 Å². The van der Waals surface area contributed by atoms with Crippen LogP contribution in [0, 0.1) is 0 Å². The van der Waals surface area contributed by atoms with E-state index in [-0.39, 0.29) is 5.96 Å². The zero-order valence-corrected chi connectivity index (χ0v) is 12.5. The summed E-state index contributed by atoms with van der Waals surface area (Å²) in [6.45, 7) is 2.67. The molecule has 1 rings (SSSR count). The molecule has 0 saturated heterocycles. The number of hydrogen-bond acceptors (Lipinski definition) is 3. The number of nitrogens with two attached hydrogens (primary N) is 2. The number of ether oxygens (including phenoxy) is 2. The van der Waals surface area contributed by atoms with Crippen LogP contribution in [0.4, 0.5) is 0 Å². The number of methoxy groups -OCH3 is 1. The van der Waals surface area contributed by atoms with Crippen LogP contribution >= 0.6 is 15.9 Å². The quantitative estimate of drug-likeness (QED) is 0.387. The van der Waals surface area contributed by atoms with E-state index in [0.717, 1.165) is 16.5 Å². The molecule has 0 saturated carbocycles. The SMILES string of the molecule is CCCOc1c(Br)cc(/C=[NH+]\N=C(N)N)cc1OC. The Morgan fingerprint density at radius 1 is 1.47 bits per heavy atom. The summed E-state index contributed by atoms with van der Waals surface area (Å²) in [5.74, 6) is 1.29. The third kappa shape index (κ3) is 4.78. The van der Waals surface area contributed by atoms with Crippen molar-refractivity contribution in [1.29, 1.82) is 0 Å². The first-order chi connectivity index (χ1) is 9.08. The molecular weight excluding hydrogens is 312 g/mol. The molecule has 0 unspecified atom stereocenters. The Kier molecular flexibility index (Phi) is 6.14. The van der Waals surface area contributed by atoms with Gasteiger partial charge in [-0.25, -0.2) is 0 Å². The van der Waals surface area contributed by atoms with Crippen LogP contribution in [0.25, 0.3) is 0 Å². The van der Waals surface area contributed by atoms with Crippen molar-refractivity contribution in [2.24, 2.45) is 16.6 Å². The van der Waals surface area contributed by atoms with Gasteiger partial charge in [0.15, 0.2) is 11.5 Å². The van der Waals surface area contributed by atoms with Gasteiger partial charge in [-0.15, -0.1) is 5.10 Å². The van der Waals surface area contributed by atoms with Crippen molar-refractivity contribution in [3.8, 4) is 11.5 Å². The number of benzene rings is 1. The Morgan fingerprint density at radius 2 is 2.21 bits per heavy atom. The standard InChI is InChI=1S/C12H17BrN4O2/c1-3-4-19-11-9(13)5-8(6-10(11)18-2)7-16-17-12(14)15/h5-7H,3-4H2,1-2H3,(H4,14,15,17)/p+1/b16-7-. The summed E-state index contributed by atoms with van der Waals surface area (Å²) >= 11 is 3.45. The zero-order chi connectivity index (χ0) is 14.3. The number of nitrogens with one attached hydrogen (secondary N) is 1. The molecule has 19 heavy (non-hydrogen) atoms. The molecule has 0 radical (unpaired) electrons. The van der Waals surface area contributed by atoms with Gasteiger partial charge >= 0.3 is 0 Å². The lowest BCUT2D eigenvalue weighted by molar-refractivity contribution is -0.456. The summed E-state index contributed by atoms with van der Waals surface area (Å²) < 4.78 is 11.7. The third-order valence-corrected chi connectivity index (χ3v) is 2.72. The highest BCUT2D eigenvalue weighted by atomic mass is 79.9. The van der Waals surface area contributed by atoms with Crippen LogP contribution in [0.5, 0.6) is 11.5 Å². The van der Waals surface area contributed by atoms with Crippen molar-refractivity contribution < 1.29 is 14.6 Å². The van der Waals surface area contributed by atoms with Crippen LogP contribution in [0.2, 0.25) is 0 Å². The van der Waals surface area contributed by atoms with E-state index in [4.69, 9.17) is 20.9 Å². The van der Waals surface area contributed by atoms with Gasteiger partial charge in [0, 0.05) is 10.7 Å². The zero-order valence-electron chi connectivity index (χ0n) is 10.9. The lowest BCUT2D eigenvalue weighted by Gasteiger charge is -2.12. The van der Waals surface area contributed by atoms with Gasteiger partial charge in [0.1, 0.15) is 0 Å². The second-order valence-electron chi connectivity index (χ2n) is 3.69. The molecule has 0 aromatic heterocycles. The minimum atomic E-state index is -0.0369. The second-order valence-corrected chi connectivity index (χ2v) is 4.55. The van der Waals surface area contributed by atoms with Crippen molar-refractivity contribution in [3.63, 3.8) is 0 Å². The number of nitrogens with zero attached hydrogens (tertiary/aromatic N) is 1. The van der Waals surface area contributed by atoms with Crippen LogP contribution in [-0.4, -0.2) is 25.9 Å². The number of halogens is 1. The lowest BCUT2D eigenvalue weighted by atomic mass is 10.2. The Balaban J connectivity index is 3.01. The fraction of sp³-hybridized carbons (Fsp3) is 0.333. The van der Waals surface area contributed by atoms with Crippen LogP contribution in [-0.2, 0) is 0 Å². The van der Waals surface area contributed by atoms with Gasteiger partial charge in [0.2, 0.25) is 6.21 Å². The Bertz CT molecular complexity index is 485. The molecule has 7 heteroatoms. The predicted octanol–water partition coefficient (Wildman–Crippen LogP) is -0.0656. The lowest BCUT2D eigenvalue weighted by Crippen LogP contribution is -2.63. The average molecular weight is 330 g/mol. The van der Waals surface area contributed by atoms with Gasteiger partial charge in [-0.05, 0) is 34.5 Å². The Hall–Kier alpha value is -1.76. The molecule has 6 nitrogen and oxygen atoms in total. The Labute approximate surface area is 120 Å². The summed E-state index contributed by atoms with van der Waals surface area (Å²) in [4.78, 5) is 0. The predicted molar refractivity (Wildman–Crippen MR) is 78.4 cm³/mol. The molecule has 0 aliphatic heterocycles. The molecule has 0 aliphatic carbocycles. The molecule has 104 valence electrons. The van der Waals surface area contributed by atoms with Gasteiger partial charge in [-0.3, -0.25) is 0 Å². The molecule has 0 spiro atoms. The van der Waals surface area contributed by atoms with Crippen molar-refractivity contribution in [2.45, 2.75) is 13.3 Å². The van der Waals surface area contributed by atoms with Crippen LogP contribution in [0.1, 0.15) is 18.9 Å². The molecular formula is C12H18BrN4O2+. The first kappa shape index (κ1) is 15.3. The van der Waals surface area contributed by atoms with E-state index in [2.05, 4.69) is 26.1 Å². The maximum atomic E-state index is 5.63. The first-order valence-corrected chi connectivity index (χ1v) is 6.55. The third-order valence-electron chi connectivity index (χ3n) is 2.13. The normalized spacial score (nSPS) is 10.5. The van der Waals surface area contributed by atoms with E-state index in [1.165, 1.54) is 0 Å². The maximum Gasteiger partial charge on any atom is 0.256 e. The van der Waals surface area contributed by atoms with E-state index in [1.807, 2.05) is 19.1 Å². The van der Waals surface area contributed by atoms with E-state index in [0.29, 0.717) is 18.1 Å². The van der Waals surface area contributed by atoms with Gasteiger partial charge in [-0.1, -0.05) is 6.92 Å². The van der Waals surface area contributed by atoms with Gasteiger partial charge in [0.05, 0.1) is 18.2 Å². The van der Waals surface area contributed by atoms with Crippen molar-refractivity contribution in [1.82, 2.24) is 0 Å². The fourth-order valence-electron chi connectivity index (χ4n) is 1.35.